The van der Waals surface area contributed by atoms with Crippen LogP contribution in [0.15, 0.2) is 33.7 Å². The first-order valence-electron chi connectivity index (χ1n) is 9.44. The SMILES string of the molecule is CCN=S1NC(C(C)C)CCc2c1cn(C)c2C(=O)Nc1ccc(F)c(F)c1. The first kappa shape index (κ1) is 20.7. The van der Waals surface area contributed by atoms with Crippen LogP contribution >= 0.6 is 0 Å². The first-order valence-corrected chi connectivity index (χ1v) is 10.6. The molecule has 152 valence electrons. The summed E-state index contributed by atoms with van der Waals surface area (Å²) in [5, 5.41) is 2.69. The maximum Gasteiger partial charge on any atom is 0.272 e. The third kappa shape index (κ3) is 4.17. The molecule has 0 aliphatic carbocycles. The van der Waals surface area contributed by atoms with Crippen molar-refractivity contribution < 1.29 is 13.6 Å². The van der Waals surface area contributed by atoms with Gasteiger partial charge in [0.25, 0.3) is 5.91 Å². The second kappa shape index (κ2) is 8.53. The van der Waals surface area contributed by atoms with Crippen molar-refractivity contribution in [3.05, 3.63) is 47.3 Å². The fourth-order valence-electron chi connectivity index (χ4n) is 3.39. The minimum absolute atomic E-state index is 0.225. The highest BCUT2D eigenvalue weighted by Crippen LogP contribution is 2.28. The van der Waals surface area contributed by atoms with E-state index in [4.69, 9.17) is 4.36 Å². The smallest absolute Gasteiger partial charge is 0.272 e. The zero-order valence-electron chi connectivity index (χ0n) is 16.6. The normalized spacial score (nSPS) is 19.5. The van der Waals surface area contributed by atoms with E-state index < -0.39 is 22.5 Å². The number of aryl methyl sites for hydroxylation is 1. The van der Waals surface area contributed by atoms with Gasteiger partial charge < -0.3 is 9.88 Å². The molecule has 2 heterocycles. The van der Waals surface area contributed by atoms with Crippen LogP contribution < -0.4 is 10.0 Å². The number of amides is 1. The molecule has 0 saturated carbocycles. The number of hydrogen-bond donors (Lipinski definition) is 2. The molecule has 2 aromatic rings. The standard InChI is InChI=1S/C20H26F2N4OS/c1-5-23-28-18-11-26(4)19(14(18)7-9-17(25-28)12(2)3)20(27)24-13-6-8-15(21)16(22)10-13/h6,8,10-12,17H,5,7,9H2,1-4H3,(H,23,25)(H,24,27). The Balaban J connectivity index is 1.96. The Morgan fingerprint density at radius 3 is 2.79 bits per heavy atom. The second-order valence-corrected chi connectivity index (χ2v) is 8.75. The molecular formula is C20H26F2N4OS. The summed E-state index contributed by atoms with van der Waals surface area (Å²) in [4.78, 5) is 14.0. The van der Waals surface area contributed by atoms with Crippen LogP contribution in [0.1, 0.15) is 43.2 Å². The lowest BCUT2D eigenvalue weighted by atomic mass is 9.97. The van der Waals surface area contributed by atoms with Gasteiger partial charge >= 0.3 is 0 Å². The lowest BCUT2D eigenvalue weighted by Crippen LogP contribution is -2.34. The van der Waals surface area contributed by atoms with E-state index in [0.29, 0.717) is 24.2 Å². The van der Waals surface area contributed by atoms with E-state index >= 15 is 0 Å². The highest BCUT2D eigenvalue weighted by Gasteiger charge is 2.28. The zero-order chi connectivity index (χ0) is 20.4. The molecule has 1 aliphatic heterocycles. The summed E-state index contributed by atoms with van der Waals surface area (Å²) < 4.78 is 36.8. The van der Waals surface area contributed by atoms with Gasteiger partial charge in [-0.3, -0.25) is 4.79 Å². The number of rotatable bonds is 4. The third-order valence-electron chi connectivity index (χ3n) is 4.88. The molecule has 0 spiro atoms. The molecule has 2 atom stereocenters. The van der Waals surface area contributed by atoms with Crippen molar-refractivity contribution in [3.63, 3.8) is 0 Å². The Labute approximate surface area is 166 Å². The van der Waals surface area contributed by atoms with Crippen molar-refractivity contribution in [1.82, 2.24) is 9.29 Å². The summed E-state index contributed by atoms with van der Waals surface area (Å²) >= 11 is 0. The van der Waals surface area contributed by atoms with Gasteiger partial charge in [-0.1, -0.05) is 13.8 Å². The zero-order valence-corrected chi connectivity index (χ0v) is 17.4. The average molecular weight is 409 g/mol. The summed E-state index contributed by atoms with van der Waals surface area (Å²) in [5.74, 6) is -1.81. The van der Waals surface area contributed by atoms with E-state index in [1.807, 2.05) is 20.2 Å². The Hall–Kier alpha value is -2.06. The topological polar surface area (TPSA) is 58.4 Å². The van der Waals surface area contributed by atoms with Crippen molar-refractivity contribution in [2.45, 2.75) is 44.6 Å². The number of anilines is 1. The van der Waals surface area contributed by atoms with E-state index in [-0.39, 0.29) is 11.6 Å². The van der Waals surface area contributed by atoms with Crippen LogP contribution in [0.3, 0.4) is 0 Å². The Morgan fingerprint density at radius 1 is 1.39 bits per heavy atom. The third-order valence-corrected chi connectivity index (χ3v) is 6.69. The van der Waals surface area contributed by atoms with Crippen LogP contribution in [0.5, 0.6) is 0 Å². The van der Waals surface area contributed by atoms with Gasteiger partial charge in [-0.05, 0) is 43.4 Å². The molecule has 1 aliphatic rings. The van der Waals surface area contributed by atoms with Gasteiger partial charge in [0.1, 0.15) is 5.69 Å². The van der Waals surface area contributed by atoms with Gasteiger partial charge in [0.2, 0.25) is 0 Å². The summed E-state index contributed by atoms with van der Waals surface area (Å²) in [7, 11) is 1.34. The minimum Gasteiger partial charge on any atom is -0.345 e. The van der Waals surface area contributed by atoms with Crippen LogP contribution in [0.25, 0.3) is 0 Å². The van der Waals surface area contributed by atoms with Crippen LogP contribution in [0.2, 0.25) is 0 Å². The number of hydrogen-bond acceptors (Lipinski definition) is 2. The van der Waals surface area contributed by atoms with E-state index in [9.17, 15) is 13.6 Å². The molecule has 5 nitrogen and oxygen atoms in total. The van der Waals surface area contributed by atoms with Gasteiger partial charge in [0.15, 0.2) is 11.6 Å². The summed E-state index contributed by atoms with van der Waals surface area (Å²) in [6.45, 7) is 7.05. The van der Waals surface area contributed by atoms with Crippen LogP contribution in [-0.4, -0.2) is 23.1 Å². The molecule has 1 aromatic carbocycles. The molecule has 1 amide bonds. The maximum absolute atomic E-state index is 13.5. The quantitative estimate of drug-likeness (QED) is 0.796. The van der Waals surface area contributed by atoms with Gasteiger partial charge in [-0.2, -0.15) is 0 Å². The van der Waals surface area contributed by atoms with Crippen molar-refractivity contribution in [3.8, 4) is 0 Å². The molecule has 8 heteroatoms. The van der Waals surface area contributed by atoms with E-state index in [1.54, 1.807) is 4.57 Å². The first-order chi connectivity index (χ1) is 13.3. The molecule has 2 unspecified atom stereocenters. The number of halogens is 2. The van der Waals surface area contributed by atoms with Crippen LogP contribution in [-0.2, 0) is 24.3 Å². The molecule has 28 heavy (non-hydrogen) atoms. The molecule has 0 fully saturated rings. The molecule has 0 radical (unpaired) electrons. The summed E-state index contributed by atoms with van der Waals surface area (Å²) in [6, 6.07) is 3.66. The lowest BCUT2D eigenvalue weighted by Gasteiger charge is -2.21. The number of aromatic nitrogens is 1. The second-order valence-electron chi connectivity index (χ2n) is 7.25. The fraction of sp³-hybridized carbons (Fsp3) is 0.450. The van der Waals surface area contributed by atoms with Gasteiger partial charge in [0.05, 0.1) is 4.90 Å². The van der Waals surface area contributed by atoms with Crippen molar-refractivity contribution >= 4 is 22.5 Å². The number of nitrogens with zero attached hydrogens (tertiary/aromatic N) is 2. The molecule has 0 bridgehead atoms. The van der Waals surface area contributed by atoms with Crippen LogP contribution in [0, 0.1) is 17.6 Å². The Kier molecular flexibility index (Phi) is 6.30. The van der Waals surface area contributed by atoms with Gasteiger partial charge in [0, 0.05) is 48.5 Å². The lowest BCUT2D eigenvalue weighted by molar-refractivity contribution is 0.101. The highest BCUT2D eigenvalue weighted by molar-refractivity contribution is 7.85. The number of benzene rings is 1. The highest BCUT2D eigenvalue weighted by atomic mass is 32.2. The van der Waals surface area contributed by atoms with E-state index in [2.05, 4.69) is 23.9 Å². The maximum atomic E-state index is 13.5. The molecule has 1 aromatic heterocycles. The van der Waals surface area contributed by atoms with Gasteiger partial charge in [-0.25, -0.2) is 17.9 Å². The van der Waals surface area contributed by atoms with Crippen LogP contribution in [0.4, 0.5) is 14.5 Å². The average Bonchev–Trinajstić information content (AvgIpc) is 2.86. The Bertz CT molecular complexity index is 923. The minimum atomic E-state index is -0.990. The summed E-state index contributed by atoms with van der Waals surface area (Å²) in [5.41, 5.74) is 1.73. The number of fused-ring (bicyclic) bond motifs is 1. The van der Waals surface area contributed by atoms with Crippen molar-refractivity contribution in [2.24, 2.45) is 17.3 Å². The Morgan fingerprint density at radius 2 is 2.14 bits per heavy atom. The molecule has 2 N–H and O–H groups in total. The molecule has 0 saturated heterocycles. The number of nitrogens with one attached hydrogen (secondary N) is 2. The van der Waals surface area contributed by atoms with Gasteiger partial charge in [-0.15, -0.1) is 0 Å². The van der Waals surface area contributed by atoms with E-state index in [0.717, 1.165) is 35.4 Å². The fourth-order valence-corrected chi connectivity index (χ4v) is 5.35. The summed E-state index contributed by atoms with van der Waals surface area (Å²) in [6.07, 6.45) is 3.62. The monoisotopic (exact) mass is 408 g/mol. The van der Waals surface area contributed by atoms with E-state index in [1.165, 1.54) is 6.07 Å². The van der Waals surface area contributed by atoms with Crippen molar-refractivity contribution in [2.75, 3.05) is 11.9 Å². The molecule has 3 rings (SSSR count). The predicted octanol–water partition coefficient (Wildman–Crippen LogP) is 4.21. The predicted molar refractivity (Wildman–Crippen MR) is 108 cm³/mol. The largest absolute Gasteiger partial charge is 0.345 e. The molecular weight excluding hydrogens is 382 g/mol. The number of carbonyl (C=O) groups is 1. The number of carbonyl (C=O) groups excluding carboxylic acids is 1. The van der Waals surface area contributed by atoms with Crippen molar-refractivity contribution in [1.29, 1.82) is 0 Å².